The summed E-state index contributed by atoms with van der Waals surface area (Å²) in [5, 5.41) is 13.6. The molecule has 8 heteroatoms. The number of para-hydroxylation sites is 1. The monoisotopic (exact) mass is 432 g/mol. The first-order valence-electron chi connectivity index (χ1n) is 10.8. The van der Waals surface area contributed by atoms with E-state index in [1.54, 1.807) is 23.1 Å². The van der Waals surface area contributed by atoms with Crippen LogP contribution in [0.15, 0.2) is 72.0 Å². The molecule has 1 aliphatic heterocycles. The maximum atomic E-state index is 12.2. The van der Waals surface area contributed by atoms with E-state index in [0.29, 0.717) is 13.1 Å². The van der Waals surface area contributed by atoms with Crippen molar-refractivity contribution in [1.82, 2.24) is 20.4 Å². The molecule has 4 rings (SSSR count). The Kier molecular flexibility index (Phi) is 7.01. The number of nitrogens with one attached hydrogen (secondary N) is 3. The Balaban J connectivity index is 1.31. The summed E-state index contributed by atoms with van der Waals surface area (Å²) in [4.78, 5) is 16.9. The number of hydrogen-bond acceptors (Lipinski definition) is 4. The molecule has 32 heavy (non-hydrogen) atoms. The van der Waals surface area contributed by atoms with Crippen LogP contribution in [0.3, 0.4) is 0 Å². The molecule has 166 valence electrons. The highest BCUT2D eigenvalue weighted by Crippen LogP contribution is 2.27. The van der Waals surface area contributed by atoms with Crippen LogP contribution in [-0.2, 0) is 24.3 Å². The van der Waals surface area contributed by atoms with E-state index in [2.05, 4.69) is 32.1 Å². The molecule has 1 aliphatic rings. The lowest BCUT2D eigenvalue weighted by molar-refractivity contribution is -0.116. The van der Waals surface area contributed by atoms with Crippen LogP contribution < -0.4 is 20.7 Å². The number of hydrogen-bond donors (Lipinski definition) is 3. The van der Waals surface area contributed by atoms with Gasteiger partial charge in [0.25, 0.3) is 0 Å². The first-order valence-corrected chi connectivity index (χ1v) is 10.8. The summed E-state index contributed by atoms with van der Waals surface area (Å²) in [6.07, 6.45) is 4.39. The van der Waals surface area contributed by atoms with Crippen LogP contribution in [0.5, 0.6) is 5.75 Å². The number of carbonyl (C=O) groups is 1. The van der Waals surface area contributed by atoms with Gasteiger partial charge in [0, 0.05) is 31.0 Å². The third-order valence-corrected chi connectivity index (χ3v) is 5.05. The Morgan fingerprint density at radius 3 is 2.91 bits per heavy atom. The Morgan fingerprint density at radius 2 is 2.09 bits per heavy atom. The predicted molar refractivity (Wildman–Crippen MR) is 125 cm³/mol. The van der Waals surface area contributed by atoms with Gasteiger partial charge in [0.05, 0.1) is 13.1 Å². The lowest BCUT2D eigenvalue weighted by Crippen LogP contribution is -2.42. The van der Waals surface area contributed by atoms with E-state index < -0.39 is 0 Å². The van der Waals surface area contributed by atoms with Gasteiger partial charge in [-0.15, -0.1) is 0 Å². The molecule has 2 aromatic carbocycles. The number of carbonyl (C=O) groups excluding carboxylic acids is 1. The Hall–Kier alpha value is -3.81. The van der Waals surface area contributed by atoms with Gasteiger partial charge in [-0.25, -0.2) is 4.99 Å². The minimum absolute atomic E-state index is 0.0876. The minimum atomic E-state index is -0.123. The largest absolute Gasteiger partial charge is 0.488 e. The van der Waals surface area contributed by atoms with Crippen molar-refractivity contribution in [2.75, 3.05) is 18.4 Å². The summed E-state index contributed by atoms with van der Waals surface area (Å²) in [5.74, 6) is 1.58. The van der Waals surface area contributed by atoms with Gasteiger partial charge in [-0.3, -0.25) is 9.48 Å². The van der Waals surface area contributed by atoms with Gasteiger partial charge >= 0.3 is 0 Å². The van der Waals surface area contributed by atoms with E-state index in [1.165, 1.54) is 5.56 Å². The van der Waals surface area contributed by atoms with E-state index in [0.717, 1.165) is 35.9 Å². The number of fused-ring (bicyclic) bond motifs is 1. The molecule has 0 saturated heterocycles. The molecule has 0 bridgehead atoms. The fourth-order valence-electron chi connectivity index (χ4n) is 3.58. The van der Waals surface area contributed by atoms with Crippen molar-refractivity contribution in [3.63, 3.8) is 0 Å². The lowest BCUT2D eigenvalue weighted by atomic mass is 10.1. The normalized spacial score (nSPS) is 15.0. The summed E-state index contributed by atoms with van der Waals surface area (Å²) < 4.78 is 7.58. The summed E-state index contributed by atoms with van der Waals surface area (Å²) in [5.41, 5.74) is 2.99. The Morgan fingerprint density at radius 1 is 1.19 bits per heavy atom. The van der Waals surface area contributed by atoms with E-state index in [1.807, 2.05) is 49.4 Å². The number of guanidine groups is 1. The van der Waals surface area contributed by atoms with E-state index in [-0.39, 0.29) is 18.6 Å². The minimum Gasteiger partial charge on any atom is -0.488 e. The molecule has 0 saturated carbocycles. The summed E-state index contributed by atoms with van der Waals surface area (Å²) in [6, 6.07) is 17.7. The van der Waals surface area contributed by atoms with Gasteiger partial charge in [0.2, 0.25) is 5.91 Å². The highest BCUT2D eigenvalue weighted by molar-refractivity contribution is 5.90. The smallest absolute Gasteiger partial charge is 0.246 e. The fraction of sp³-hybridized carbons (Fsp3) is 0.292. The molecule has 8 nitrogen and oxygen atoms in total. The van der Waals surface area contributed by atoms with Crippen LogP contribution in [0.1, 0.15) is 18.1 Å². The molecule has 0 aliphatic carbocycles. The Bertz CT molecular complexity index is 1040. The quantitative estimate of drug-likeness (QED) is 0.376. The lowest BCUT2D eigenvalue weighted by Gasteiger charge is -2.15. The standard InChI is InChI=1S/C24H28N6O2/c1-2-25-24(27-16-21-14-19-8-3-4-10-22(19)32-21)26-15-18-7-5-9-20(13-18)29-23(31)17-30-12-6-11-28-30/h3-13,21H,2,14-17H2,1H3,(H,29,31)(H2,25,26,27). The molecule has 1 unspecified atom stereocenters. The average molecular weight is 433 g/mol. The molecule has 0 spiro atoms. The van der Waals surface area contributed by atoms with Crippen LogP contribution in [-0.4, -0.2) is 40.8 Å². The van der Waals surface area contributed by atoms with Gasteiger partial charge in [0.15, 0.2) is 5.96 Å². The van der Waals surface area contributed by atoms with Crippen molar-refractivity contribution in [3.8, 4) is 5.75 Å². The summed E-state index contributed by atoms with van der Waals surface area (Å²) >= 11 is 0. The number of anilines is 1. The maximum Gasteiger partial charge on any atom is 0.246 e. The molecule has 1 aromatic heterocycles. The van der Waals surface area contributed by atoms with E-state index in [4.69, 9.17) is 4.74 Å². The maximum absolute atomic E-state index is 12.2. The van der Waals surface area contributed by atoms with Crippen molar-refractivity contribution in [2.24, 2.45) is 4.99 Å². The number of nitrogens with zero attached hydrogens (tertiary/aromatic N) is 3. The molecule has 3 N–H and O–H groups in total. The molecular weight excluding hydrogens is 404 g/mol. The second-order valence-corrected chi connectivity index (χ2v) is 7.58. The van der Waals surface area contributed by atoms with E-state index >= 15 is 0 Å². The van der Waals surface area contributed by atoms with Crippen LogP contribution in [0.2, 0.25) is 0 Å². The van der Waals surface area contributed by atoms with Gasteiger partial charge in [-0.2, -0.15) is 5.10 Å². The number of aliphatic imine (C=N–C) groups is 1. The molecule has 0 fully saturated rings. The third kappa shape index (κ3) is 5.87. The van der Waals surface area contributed by atoms with Gasteiger partial charge < -0.3 is 20.7 Å². The second kappa shape index (κ2) is 10.5. The highest BCUT2D eigenvalue weighted by Gasteiger charge is 2.22. The van der Waals surface area contributed by atoms with Crippen molar-refractivity contribution in [2.45, 2.75) is 32.5 Å². The van der Waals surface area contributed by atoms with Gasteiger partial charge in [-0.1, -0.05) is 30.3 Å². The third-order valence-electron chi connectivity index (χ3n) is 5.05. The van der Waals surface area contributed by atoms with Crippen molar-refractivity contribution in [1.29, 1.82) is 0 Å². The van der Waals surface area contributed by atoms with Crippen molar-refractivity contribution >= 4 is 17.6 Å². The molecular formula is C24H28N6O2. The second-order valence-electron chi connectivity index (χ2n) is 7.58. The molecule has 1 atom stereocenters. The van der Waals surface area contributed by atoms with Crippen molar-refractivity contribution < 1.29 is 9.53 Å². The zero-order chi connectivity index (χ0) is 22.2. The topological polar surface area (TPSA) is 92.6 Å². The zero-order valence-corrected chi connectivity index (χ0v) is 18.1. The number of amides is 1. The van der Waals surface area contributed by atoms with Crippen LogP contribution >= 0.6 is 0 Å². The number of ether oxygens (including phenoxy) is 1. The van der Waals surface area contributed by atoms with E-state index in [9.17, 15) is 4.79 Å². The molecule has 3 aromatic rings. The fourth-order valence-corrected chi connectivity index (χ4v) is 3.58. The average Bonchev–Trinajstić information content (AvgIpc) is 3.45. The number of rotatable bonds is 8. The zero-order valence-electron chi connectivity index (χ0n) is 18.1. The van der Waals surface area contributed by atoms with Gasteiger partial charge in [-0.05, 0) is 42.3 Å². The summed E-state index contributed by atoms with van der Waals surface area (Å²) in [6.45, 7) is 4.14. The molecule has 2 heterocycles. The first kappa shape index (κ1) is 21.4. The van der Waals surface area contributed by atoms with Crippen LogP contribution in [0, 0.1) is 0 Å². The number of benzene rings is 2. The SMILES string of the molecule is CCNC(=NCc1cccc(NC(=O)Cn2cccn2)c1)NCC1Cc2ccccc2O1. The summed E-state index contributed by atoms with van der Waals surface area (Å²) in [7, 11) is 0. The van der Waals surface area contributed by atoms with Crippen LogP contribution in [0.4, 0.5) is 5.69 Å². The predicted octanol–water partition coefficient (Wildman–Crippen LogP) is 2.58. The molecule has 1 amide bonds. The number of aromatic nitrogens is 2. The van der Waals surface area contributed by atoms with Crippen molar-refractivity contribution in [3.05, 3.63) is 78.1 Å². The molecule has 0 radical (unpaired) electrons. The van der Waals surface area contributed by atoms with Crippen LogP contribution in [0.25, 0.3) is 0 Å². The Labute approximate surface area is 187 Å². The van der Waals surface area contributed by atoms with Gasteiger partial charge in [0.1, 0.15) is 18.4 Å². The highest BCUT2D eigenvalue weighted by atomic mass is 16.5. The first-order chi connectivity index (χ1) is 15.7.